The summed E-state index contributed by atoms with van der Waals surface area (Å²) in [5.41, 5.74) is 2.48. The maximum Gasteiger partial charge on any atom is 0.252 e. The molecule has 4 nitrogen and oxygen atoms in total. The molecule has 4 heteroatoms. The van der Waals surface area contributed by atoms with E-state index in [9.17, 15) is 5.26 Å². The molecule has 1 fully saturated rings. The lowest BCUT2D eigenvalue weighted by molar-refractivity contribution is 0.128. The molecule has 1 heterocycles. The first kappa shape index (κ1) is 14.8. The van der Waals surface area contributed by atoms with Crippen LogP contribution in [0.5, 0.6) is 5.88 Å². The van der Waals surface area contributed by atoms with Crippen molar-refractivity contribution in [2.45, 2.75) is 65.4 Å². The van der Waals surface area contributed by atoms with Crippen LogP contribution in [0.15, 0.2) is 0 Å². The van der Waals surface area contributed by atoms with Gasteiger partial charge in [0.25, 0.3) is 5.88 Å². The second-order valence-corrected chi connectivity index (χ2v) is 5.62. The third-order valence-electron chi connectivity index (χ3n) is 4.17. The van der Waals surface area contributed by atoms with Gasteiger partial charge in [-0.15, -0.1) is 5.10 Å². The molecule has 0 bridgehead atoms. The van der Waals surface area contributed by atoms with Gasteiger partial charge in [0.2, 0.25) is 0 Å². The Labute approximate surface area is 121 Å². The minimum absolute atomic E-state index is 0.185. The highest BCUT2D eigenvalue weighted by Gasteiger charge is 2.23. The van der Waals surface area contributed by atoms with E-state index in [0.29, 0.717) is 11.4 Å². The van der Waals surface area contributed by atoms with E-state index in [0.717, 1.165) is 42.9 Å². The fraction of sp³-hybridized carbons (Fsp3) is 0.688. The largest absolute Gasteiger partial charge is 0.472 e. The minimum Gasteiger partial charge on any atom is -0.472 e. The van der Waals surface area contributed by atoms with Crippen molar-refractivity contribution in [1.29, 1.82) is 5.26 Å². The second kappa shape index (κ2) is 6.69. The number of aryl methyl sites for hydroxylation is 1. The summed E-state index contributed by atoms with van der Waals surface area (Å²) >= 11 is 0. The molecular weight excluding hydrogens is 250 g/mol. The second-order valence-electron chi connectivity index (χ2n) is 5.62. The first-order valence-electron chi connectivity index (χ1n) is 7.64. The van der Waals surface area contributed by atoms with Crippen LogP contribution in [-0.2, 0) is 12.8 Å². The van der Waals surface area contributed by atoms with Gasteiger partial charge in [-0.25, -0.2) is 0 Å². The third-order valence-corrected chi connectivity index (χ3v) is 4.17. The number of nitrogens with zero attached hydrogens (tertiary/aromatic N) is 3. The molecule has 1 aromatic rings. The Morgan fingerprint density at radius 3 is 2.40 bits per heavy atom. The van der Waals surface area contributed by atoms with Crippen molar-refractivity contribution < 1.29 is 4.74 Å². The highest BCUT2D eigenvalue weighted by Crippen LogP contribution is 2.29. The summed E-state index contributed by atoms with van der Waals surface area (Å²) in [5, 5.41) is 17.8. The van der Waals surface area contributed by atoms with Crippen LogP contribution in [0.4, 0.5) is 0 Å². The highest BCUT2D eigenvalue weighted by molar-refractivity contribution is 5.46. The van der Waals surface area contributed by atoms with Crippen molar-refractivity contribution >= 4 is 0 Å². The average Bonchev–Trinajstić information content (AvgIpc) is 2.48. The summed E-state index contributed by atoms with van der Waals surface area (Å²) in [6.45, 7) is 6.36. The van der Waals surface area contributed by atoms with Crippen molar-refractivity contribution in [2.75, 3.05) is 0 Å². The van der Waals surface area contributed by atoms with Crippen LogP contribution in [-0.4, -0.2) is 16.3 Å². The SMILES string of the molecule is CCc1nnc(OC2CCC(C)CC2)c(C#N)c1CC. The fourth-order valence-electron chi connectivity index (χ4n) is 2.86. The van der Waals surface area contributed by atoms with E-state index < -0.39 is 0 Å². The van der Waals surface area contributed by atoms with Gasteiger partial charge in [0.15, 0.2) is 0 Å². The number of hydrogen-bond acceptors (Lipinski definition) is 4. The Morgan fingerprint density at radius 1 is 1.15 bits per heavy atom. The molecule has 20 heavy (non-hydrogen) atoms. The normalized spacial score (nSPS) is 22.3. The van der Waals surface area contributed by atoms with E-state index in [-0.39, 0.29) is 6.10 Å². The lowest BCUT2D eigenvalue weighted by Crippen LogP contribution is -2.24. The molecule has 0 unspecified atom stereocenters. The van der Waals surface area contributed by atoms with Gasteiger partial charge in [-0.3, -0.25) is 0 Å². The van der Waals surface area contributed by atoms with E-state index >= 15 is 0 Å². The van der Waals surface area contributed by atoms with Gasteiger partial charge in [0, 0.05) is 0 Å². The van der Waals surface area contributed by atoms with Gasteiger partial charge < -0.3 is 4.74 Å². The number of hydrogen-bond donors (Lipinski definition) is 0. The van der Waals surface area contributed by atoms with E-state index in [4.69, 9.17) is 4.74 Å². The molecule has 0 aliphatic heterocycles. The van der Waals surface area contributed by atoms with Crippen LogP contribution in [0.2, 0.25) is 0 Å². The standard InChI is InChI=1S/C16H23N3O/c1-4-13-14(10-17)16(19-18-15(13)5-2)20-12-8-6-11(3)7-9-12/h11-12H,4-9H2,1-3H3. The summed E-state index contributed by atoms with van der Waals surface area (Å²) in [5.74, 6) is 1.21. The summed E-state index contributed by atoms with van der Waals surface area (Å²) in [6, 6.07) is 2.26. The van der Waals surface area contributed by atoms with Gasteiger partial charge in [0.1, 0.15) is 17.7 Å². The lowest BCUT2D eigenvalue weighted by atomic mass is 9.89. The molecule has 0 aromatic carbocycles. The average molecular weight is 273 g/mol. The van der Waals surface area contributed by atoms with Crippen LogP contribution >= 0.6 is 0 Å². The van der Waals surface area contributed by atoms with Crippen molar-refractivity contribution in [2.24, 2.45) is 5.92 Å². The zero-order valence-corrected chi connectivity index (χ0v) is 12.6. The van der Waals surface area contributed by atoms with Gasteiger partial charge >= 0.3 is 0 Å². The number of ether oxygens (including phenoxy) is 1. The van der Waals surface area contributed by atoms with E-state index in [1.165, 1.54) is 12.8 Å². The summed E-state index contributed by atoms with van der Waals surface area (Å²) in [7, 11) is 0. The van der Waals surface area contributed by atoms with Crippen LogP contribution in [0, 0.1) is 17.2 Å². The molecule has 1 aliphatic rings. The molecule has 2 rings (SSSR count). The first-order chi connectivity index (χ1) is 9.69. The number of rotatable bonds is 4. The van der Waals surface area contributed by atoms with E-state index in [1.54, 1.807) is 0 Å². The Morgan fingerprint density at radius 2 is 1.85 bits per heavy atom. The molecule has 1 aromatic heterocycles. The lowest BCUT2D eigenvalue weighted by Gasteiger charge is -2.26. The number of aromatic nitrogens is 2. The Kier molecular flexibility index (Phi) is 4.94. The first-order valence-corrected chi connectivity index (χ1v) is 7.64. The molecule has 0 saturated heterocycles. The molecule has 1 saturated carbocycles. The Balaban J connectivity index is 2.22. The number of nitriles is 1. The maximum atomic E-state index is 9.42. The van der Waals surface area contributed by atoms with Gasteiger partial charge in [0.05, 0.1) is 5.69 Å². The molecule has 1 aliphatic carbocycles. The predicted molar refractivity (Wildman–Crippen MR) is 77.6 cm³/mol. The van der Waals surface area contributed by atoms with Crippen LogP contribution in [0.1, 0.15) is 63.3 Å². The predicted octanol–water partition coefficient (Wildman–Crippen LogP) is 3.43. The smallest absolute Gasteiger partial charge is 0.252 e. The van der Waals surface area contributed by atoms with E-state index in [1.807, 2.05) is 13.8 Å². The minimum atomic E-state index is 0.185. The maximum absolute atomic E-state index is 9.42. The van der Waals surface area contributed by atoms with Crippen LogP contribution in [0.3, 0.4) is 0 Å². The molecule has 0 N–H and O–H groups in total. The fourth-order valence-corrected chi connectivity index (χ4v) is 2.86. The Bertz CT molecular complexity index is 499. The Hall–Kier alpha value is -1.63. The summed E-state index contributed by atoms with van der Waals surface area (Å²) in [4.78, 5) is 0. The molecule has 0 spiro atoms. The molecule has 0 atom stereocenters. The van der Waals surface area contributed by atoms with Crippen molar-refractivity contribution in [3.05, 3.63) is 16.8 Å². The van der Waals surface area contributed by atoms with E-state index in [2.05, 4.69) is 23.2 Å². The molecule has 0 radical (unpaired) electrons. The van der Waals surface area contributed by atoms with Crippen LogP contribution in [0.25, 0.3) is 0 Å². The van der Waals surface area contributed by atoms with Crippen molar-refractivity contribution in [3.8, 4) is 11.9 Å². The molecule has 108 valence electrons. The van der Waals surface area contributed by atoms with Crippen molar-refractivity contribution in [3.63, 3.8) is 0 Å². The van der Waals surface area contributed by atoms with Crippen LogP contribution < -0.4 is 4.74 Å². The van der Waals surface area contributed by atoms with Gasteiger partial charge in [-0.1, -0.05) is 20.8 Å². The summed E-state index contributed by atoms with van der Waals surface area (Å²) in [6.07, 6.45) is 6.24. The third kappa shape index (κ3) is 3.09. The van der Waals surface area contributed by atoms with Gasteiger partial charge in [-0.2, -0.15) is 10.4 Å². The molecule has 0 amide bonds. The zero-order valence-electron chi connectivity index (χ0n) is 12.6. The topological polar surface area (TPSA) is 58.8 Å². The summed E-state index contributed by atoms with van der Waals surface area (Å²) < 4.78 is 5.97. The zero-order chi connectivity index (χ0) is 14.5. The quantitative estimate of drug-likeness (QED) is 0.843. The van der Waals surface area contributed by atoms with Crippen molar-refractivity contribution in [1.82, 2.24) is 10.2 Å². The highest BCUT2D eigenvalue weighted by atomic mass is 16.5. The molecular formula is C16H23N3O. The monoisotopic (exact) mass is 273 g/mol. The van der Waals surface area contributed by atoms with Gasteiger partial charge in [-0.05, 0) is 50.0 Å².